The van der Waals surface area contributed by atoms with Gasteiger partial charge in [0, 0.05) is 12.1 Å². The minimum atomic E-state index is 0.356. The lowest BCUT2D eigenvalue weighted by molar-refractivity contribution is 0.0305. The Morgan fingerprint density at radius 3 is 2.65 bits per heavy atom. The molecule has 0 spiro atoms. The minimum absolute atomic E-state index is 0.356. The van der Waals surface area contributed by atoms with Crippen LogP contribution in [-0.4, -0.2) is 16.2 Å². The van der Waals surface area contributed by atoms with Gasteiger partial charge in [0.05, 0.1) is 6.10 Å². The highest BCUT2D eigenvalue weighted by Gasteiger charge is 2.17. The molecule has 5 nitrogen and oxygen atoms in total. The van der Waals surface area contributed by atoms with Gasteiger partial charge in [-0.05, 0) is 18.4 Å². The first-order valence-corrected chi connectivity index (χ1v) is 7.09. The molecular weight excluding hydrogens is 254 g/mol. The standard InChI is InChI=1S/C15H19N3O2/c16-9-11-5-7-12(8-6-11)15-17-14(20-18-15)10-19-13-3-1-2-4-13/h5-8,13H,1-4,9-10,16H2. The van der Waals surface area contributed by atoms with Crippen LogP contribution < -0.4 is 5.73 Å². The second-order valence-corrected chi connectivity index (χ2v) is 5.13. The van der Waals surface area contributed by atoms with Crippen molar-refractivity contribution in [3.05, 3.63) is 35.7 Å². The van der Waals surface area contributed by atoms with E-state index in [4.69, 9.17) is 15.0 Å². The van der Waals surface area contributed by atoms with Gasteiger partial charge < -0.3 is 15.0 Å². The number of rotatable bonds is 5. The van der Waals surface area contributed by atoms with Gasteiger partial charge >= 0.3 is 0 Å². The highest BCUT2D eigenvalue weighted by molar-refractivity contribution is 5.54. The average Bonchev–Trinajstić information content (AvgIpc) is 3.17. The van der Waals surface area contributed by atoms with Crippen molar-refractivity contribution in [2.45, 2.75) is 44.9 Å². The van der Waals surface area contributed by atoms with Crippen LogP contribution in [-0.2, 0) is 17.9 Å². The Kier molecular flexibility index (Phi) is 4.08. The van der Waals surface area contributed by atoms with E-state index in [1.165, 1.54) is 12.8 Å². The second kappa shape index (κ2) is 6.15. The van der Waals surface area contributed by atoms with Crippen LogP contribution in [0.1, 0.15) is 37.1 Å². The monoisotopic (exact) mass is 273 g/mol. The Morgan fingerprint density at radius 1 is 1.20 bits per heavy atom. The lowest BCUT2D eigenvalue weighted by atomic mass is 10.1. The van der Waals surface area contributed by atoms with E-state index in [2.05, 4.69) is 10.1 Å². The van der Waals surface area contributed by atoms with Crippen LogP contribution >= 0.6 is 0 Å². The van der Waals surface area contributed by atoms with E-state index < -0.39 is 0 Å². The summed E-state index contributed by atoms with van der Waals surface area (Å²) in [6.45, 7) is 0.936. The predicted molar refractivity (Wildman–Crippen MR) is 74.7 cm³/mol. The Bertz CT molecular complexity index is 545. The summed E-state index contributed by atoms with van der Waals surface area (Å²) in [6.07, 6.45) is 5.15. The number of benzene rings is 1. The van der Waals surface area contributed by atoms with Crippen LogP contribution in [0.25, 0.3) is 11.4 Å². The SMILES string of the molecule is NCc1ccc(-c2noc(COC3CCCC3)n2)cc1. The van der Waals surface area contributed by atoms with E-state index in [-0.39, 0.29) is 0 Å². The normalized spacial score (nSPS) is 15.8. The fraction of sp³-hybridized carbons (Fsp3) is 0.467. The van der Waals surface area contributed by atoms with Gasteiger partial charge in [0.2, 0.25) is 5.82 Å². The predicted octanol–water partition coefficient (Wildman–Crippen LogP) is 2.65. The van der Waals surface area contributed by atoms with Gasteiger partial charge in [0.15, 0.2) is 0 Å². The van der Waals surface area contributed by atoms with Crippen LogP contribution in [0, 0.1) is 0 Å². The van der Waals surface area contributed by atoms with E-state index >= 15 is 0 Å². The first-order valence-electron chi connectivity index (χ1n) is 7.09. The summed E-state index contributed by atoms with van der Waals surface area (Å²) in [5.74, 6) is 1.13. The van der Waals surface area contributed by atoms with Crippen molar-refractivity contribution in [1.29, 1.82) is 0 Å². The van der Waals surface area contributed by atoms with Crippen molar-refractivity contribution in [2.75, 3.05) is 0 Å². The zero-order valence-corrected chi connectivity index (χ0v) is 11.4. The van der Waals surface area contributed by atoms with E-state index in [0.717, 1.165) is 24.0 Å². The smallest absolute Gasteiger partial charge is 0.252 e. The van der Waals surface area contributed by atoms with Gasteiger partial charge in [-0.25, -0.2) is 0 Å². The molecule has 0 radical (unpaired) electrons. The van der Waals surface area contributed by atoms with Crippen molar-refractivity contribution < 1.29 is 9.26 Å². The molecule has 1 fully saturated rings. The lowest BCUT2D eigenvalue weighted by Crippen LogP contribution is -2.07. The third kappa shape index (κ3) is 3.05. The molecule has 1 aliphatic carbocycles. The minimum Gasteiger partial charge on any atom is -0.368 e. The molecule has 5 heteroatoms. The third-order valence-corrected chi connectivity index (χ3v) is 3.66. The van der Waals surface area contributed by atoms with E-state index in [1.54, 1.807) is 0 Å². The van der Waals surface area contributed by atoms with Crippen LogP contribution in [0.4, 0.5) is 0 Å². The van der Waals surface area contributed by atoms with Gasteiger partial charge in [0.25, 0.3) is 5.89 Å². The number of aromatic nitrogens is 2. The maximum Gasteiger partial charge on any atom is 0.252 e. The zero-order chi connectivity index (χ0) is 13.8. The molecule has 1 heterocycles. The van der Waals surface area contributed by atoms with Crippen molar-refractivity contribution in [2.24, 2.45) is 5.73 Å². The fourth-order valence-electron chi connectivity index (χ4n) is 2.46. The molecule has 1 aliphatic rings. The highest BCUT2D eigenvalue weighted by atomic mass is 16.5. The number of nitrogens with zero attached hydrogens (tertiary/aromatic N) is 2. The molecule has 1 aromatic heterocycles. The number of hydrogen-bond acceptors (Lipinski definition) is 5. The largest absolute Gasteiger partial charge is 0.368 e. The topological polar surface area (TPSA) is 74.2 Å². The van der Waals surface area contributed by atoms with Gasteiger partial charge in [-0.15, -0.1) is 0 Å². The maximum absolute atomic E-state index is 5.76. The Labute approximate surface area is 118 Å². The average molecular weight is 273 g/mol. The molecule has 0 unspecified atom stereocenters. The molecule has 106 valence electrons. The Morgan fingerprint density at radius 2 is 1.95 bits per heavy atom. The van der Waals surface area contributed by atoms with Crippen molar-refractivity contribution in [3.8, 4) is 11.4 Å². The van der Waals surface area contributed by atoms with Gasteiger partial charge in [-0.1, -0.05) is 42.3 Å². The van der Waals surface area contributed by atoms with Gasteiger partial charge in [0.1, 0.15) is 6.61 Å². The maximum atomic E-state index is 5.76. The summed E-state index contributed by atoms with van der Waals surface area (Å²) in [7, 11) is 0. The molecule has 0 atom stereocenters. The molecule has 3 rings (SSSR count). The fourth-order valence-corrected chi connectivity index (χ4v) is 2.46. The second-order valence-electron chi connectivity index (χ2n) is 5.13. The molecule has 20 heavy (non-hydrogen) atoms. The Hall–Kier alpha value is -1.72. The summed E-state index contributed by atoms with van der Waals surface area (Å²) in [5.41, 5.74) is 7.59. The van der Waals surface area contributed by atoms with Crippen molar-refractivity contribution in [1.82, 2.24) is 10.1 Å². The number of hydrogen-bond donors (Lipinski definition) is 1. The van der Waals surface area contributed by atoms with Crippen molar-refractivity contribution in [3.63, 3.8) is 0 Å². The molecule has 0 saturated heterocycles. The lowest BCUT2D eigenvalue weighted by Gasteiger charge is -2.07. The molecule has 2 aromatic rings. The molecule has 0 amide bonds. The van der Waals surface area contributed by atoms with Crippen LogP contribution in [0.5, 0.6) is 0 Å². The van der Waals surface area contributed by atoms with E-state index in [0.29, 0.717) is 31.0 Å². The molecule has 1 saturated carbocycles. The highest BCUT2D eigenvalue weighted by Crippen LogP contribution is 2.22. The van der Waals surface area contributed by atoms with E-state index in [1.807, 2.05) is 24.3 Å². The molecule has 2 N–H and O–H groups in total. The summed E-state index contributed by atoms with van der Waals surface area (Å²) < 4.78 is 11.0. The molecule has 0 bridgehead atoms. The first-order chi connectivity index (χ1) is 9.85. The molecular formula is C15H19N3O2. The first kappa shape index (κ1) is 13.3. The molecule has 1 aromatic carbocycles. The quantitative estimate of drug-likeness (QED) is 0.906. The summed E-state index contributed by atoms with van der Waals surface area (Å²) in [5, 5.41) is 3.99. The van der Waals surface area contributed by atoms with Crippen LogP contribution in [0.3, 0.4) is 0 Å². The van der Waals surface area contributed by atoms with Gasteiger partial charge in [-0.2, -0.15) is 4.98 Å². The summed E-state index contributed by atoms with van der Waals surface area (Å²) in [4.78, 5) is 4.36. The van der Waals surface area contributed by atoms with E-state index in [9.17, 15) is 0 Å². The number of nitrogens with two attached hydrogens (primary N) is 1. The van der Waals surface area contributed by atoms with Crippen LogP contribution in [0.15, 0.2) is 28.8 Å². The Balaban J connectivity index is 1.62. The van der Waals surface area contributed by atoms with Crippen LogP contribution in [0.2, 0.25) is 0 Å². The number of ether oxygens (including phenoxy) is 1. The molecule has 0 aliphatic heterocycles. The zero-order valence-electron chi connectivity index (χ0n) is 11.4. The van der Waals surface area contributed by atoms with Gasteiger partial charge in [-0.3, -0.25) is 0 Å². The van der Waals surface area contributed by atoms with Crippen molar-refractivity contribution >= 4 is 0 Å². The summed E-state index contributed by atoms with van der Waals surface area (Å²) in [6, 6.07) is 7.85. The summed E-state index contributed by atoms with van der Waals surface area (Å²) >= 11 is 0. The third-order valence-electron chi connectivity index (χ3n) is 3.66.